The Morgan fingerprint density at radius 1 is 1.32 bits per heavy atom. The molecule has 2 unspecified atom stereocenters. The van der Waals surface area contributed by atoms with Crippen LogP contribution >= 0.6 is 0 Å². The molecular weight excluding hydrogens is 362 g/mol. The van der Waals surface area contributed by atoms with E-state index in [1.165, 1.54) is 4.90 Å². The number of hydrogen-bond acceptors (Lipinski definition) is 5. The fourth-order valence-corrected chi connectivity index (χ4v) is 5.51. The van der Waals surface area contributed by atoms with Gasteiger partial charge in [-0.3, -0.25) is 14.4 Å². The molecule has 0 aromatic carbocycles. The SMILES string of the molecule is CCCCNC(=O)C1N([C@@H](CC)CO)C(=O)[C@@H]2[C@@H](C(=O)NC)[C@@]3(C)CCC12O3. The lowest BCUT2D eigenvalue weighted by atomic mass is 9.66. The molecule has 3 rings (SSSR count). The maximum atomic E-state index is 13.5. The third-order valence-electron chi connectivity index (χ3n) is 6.90. The van der Waals surface area contributed by atoms with Gasteiger partial charge in [0.05, 0.1) is 30.1 Å². The summed E-state index contributed by atoms with van der Waals surface area (Å²) in [7, 11) is 1.55. The van der Waals surface area contributed by atoms with Crippen LogP contribution in [0.15, 0.2) is 0 Å². The van der Waals surface area contributed by atoms with Gasteiger partial charge in [0.15, 0.2) is 0 Å². The monoisotopic (exact) mass is 395 g/mol. The normalized spacial score (nSPS) is 37.1. The van der Waals surface area contributed by atoms with Crippen LogP contribution in [0.2, 0.25) is 0 Å². The highest BCUT2D eigenvalue weighted by molar-refractivity contribution is 5.99. The number of nitrogens with zero attached hydrogens (tertiary/aromatic N) is 1. The number of nitrogens with one attached hydrogen (secondary N) is 2. The van der Waals surface area contributed by atoms with Crippen molar-refractivity contribution in [1.29, 1.82) is 0 Å². The van der Waals surface area contributed by atoms with Crippen LogP contribution in [0, 0.1) is 11.8 Å². The van der Waals surface area contributed by atoms with Crippen LogP contribution in [-0.2, 0) is 19.1 Å². The van der Waals surface area contributed by atoms with Crippen LogP contribution in [0.5, 0.6) is 0 Å². The van der Waals surface area contributed by atoms with Gasteiger partial charge in [-0.05, 0) is 32.6 Å². The Bertz CT molecular complexity index is 652. The Kier molecular flexibility index (Phi) is 5.74. The molecule has 1 spiro atoms. The number of fused-ring (bicyclic) bond motifs is 1. The number of rotatable bonds is 8. The minimum Gasteiger partial charge on any atom is -0.394 e. The van der Waals surface area contributed by atoms with Gasteiger partial charge in [0.1, 0.15) is 11.6 Å². The quantitative estimate of drug-likeness (QED) is 0.508. The Labute approximate surface area is 166 Å². The lowest BCUT2D eigenvalue weighted by Gasteiger charge is -2.36. The molecule has 2 bridgehead atoms. The van der Waals surface area contributed by atoms with Gasteiger partial charge >= 0.3 is 0 Å². The van der Waals surface area contributed by atoms with Gasteiger partial charge in [-0.15, -0.1) is 0 Å². The third-order valence-corrected chi connectivity index (χ3v) is 6.90. The lowest BCUT2D eigenvalue weighted by Crippen LogP contribution is -2.58. The van der Waals surface area contributed by atoms with Crippen molar-refractivity contribution in [2.45, 2.75) is 76.2 Å². The standard InChI is InChI=1S/C20H33N3O5/c1-5-7-10-22-17(26)15-20-9-8-19(3,28-20)13(16(25)21-4)14(20)18(27)23(15)12(6-2)11-24/h12-15,24H,5-11H2,1-4H3,(H,21,25)(H,22,26)/t12-,13-,14-,15?,19+,20?/m0/s1. The van der Waals surface area contributed by atoms with E-state index in [1.807, 2.05) is 20.8 Å². The molecule has 0 aliphatic carbocycles. The number of aliphatic hydroxyl groups excluding tert-OH is 1. The predicted molar refractivity (Wildman–Crippen MR) is 102 cm³/mol. The smallest absolute Gasteiger partial charge is 0.245 e. The van der Waals surface area contributed by atoms with Crippen molar-refractivity contribution < 1.29 is 24.2 Å². The molecule has 0 saturated carbocycles. The topological polar surface area (TPSA) is 108 Å². The summed E-state index contributed by atoms with van der Waals surface area (Å²) in [5.41, 5.74) is -1.77. The van der Waals surface area contributed by atoms with E-state index in [9.17, 15) is 19.5 Å². The minimum atomic E-state index is -1.01. The van der Waals surface area contributed by atoms with Gasteiger partial charge in [0.25, 0.3) is 0 Å². The van der Waals surface area contributed by atoms with Crippen LogP contribution < -0.4 is 10.6 Å². The summed E-state index contributed by atoms with van der Waals surface area (Å²) >= 11 is 0. The van der Waals surface area contributed by atoms with Gasteiger partial charge in [-0.2, -0.15) is 0 Å². The number of ether oxygens (including phenoxy) is 1. The number of unbranched alkanes of at least 4 members (excludes halogenated alkanes) is 1. The zero-order chi connectivity index (χ0) is 20.7. The zero-order valence-electron chi connectivity index (χ0n) is 17.3. The highest BCUT2D eigenvalue weighted by atomic mass is 16.5. The molecule has 8 heteroatoms. The number of likely N-dealkylation sites (tertiary alicyclic amines) is 1. The summed E-state index contributed by atoms with van der Waals surface area (Å²) in [6.07, 6.45) is 3.49. The molecule has 3 saturated heterocycles. The van der Waals surface area contributed by atoms with E-state index in [0.717, 1.165) is 12.8 Å². The van der Waals surface area contributed by atoms with E-state index in [-0.39, 0.29) is 24.3 Å². The molecule has 3 amide bonds. The molecular formula is C20H33N3O5. The van der Waals surface area contributed by atoms with Crippen molar-refractivity contribution in [3.05, 3.63) is 0 Å². The second-order valence-corrected chi connectivity index (χ2v) is 8.48. The fraction of sp³-hybridized carbons (Fsp3) is 0.850. The minimum absolute atomic E-state index is 0.230. The summed E-state index contributed by atoms with van der Waals surface area (Å²) in [4.78, 5) is 40.9. The Morgan fingerprint density at radius 3 is 2.61 bits per heavy atom. The predicted octanol–water partition coefficient (Wildman–Crippen LogP) is 0.184. The first kappa shape index (κ1) is 21.0. The second kappa shape index (κ2) is 7.63. The average Bonchev–Trinajstić information content (AvgIpc) is 3.24. The Balaban J connectivity index is 2.03. The summed E-state index contributed by atoms with van der Waals surface area (Å²) in [5.74, 6) is -2.07. The van der Waals surface area contributed by atoms with E-state index in [2.05, 4.69) is 10.6 Å². The van der Waals surface area contributed by atoms with Crippen molar-refractivity contribution >= 4 is 17.7 Å². The molecule has 8 nitrogen and oxygen atoms in total. The first-order chi connectivity index (χ1) is 13.3. The van der Waals surface area contributed by atoms with E-state index >= 15 is 0 Å². The van der Waals surface area contributed by atoms with Gasteiger partial charge in [-0.1, -0.05) is 20.3 Å². The second-order valence-electron chi connectivity index (χ2n) is 8.48. The molecule has 3 aliphatic heterocycles. The molecule has 3 aliphatic rings. The fourth-order valence-electron chi connectivity index (χ4n) is 5.51. The van der Waals surface area contributed by atoms with E-state index < -0.39 is 35.1 Å². The van der Waals surface area contributed by atoms with Gasteiger partial charge in [0, 0.05) is 13.6 Å². The van der Waals surface area contributed by atoms with E-state index in [1.54, 1.807) is 7.05 Å². The van der Waals surface area contributed by atoms with Gasteiger partial charge in [0.2, 0.25) is 17.7 Å². The maximum absolute atomic E-state index is 13.5. The highest BCUT2D eigenvalue weighted by Crippen LogP contribution is 2.63. The molecule has 0 aromatic heterocycles. The largest absolute Gasteiger partial charge is 0.394 e. The van der Waals surface area contributed by atoms with Crippen LogP contribution in [0.25, 0.3) is 0 Å². The van der Waals surface area contributed by atoms with Crippen LogP contribution in [0.1, 0.15) is 52.9 Å². The zero-order valence-corrected chi connectivity index (χ0v) is 17.3. The maximum Gasteiger partial charge on any atom is 0.245 e. The Hall–Kier alpha value is -1.67. The third kappa shape index (κ3) is 2.84. The molecule has 6 atom stereocenters. The van der Waals surface area contributed by atoms with Crippen molar-refractivity contribution in [2.75, 3.05) is 20.2 Å². The molecule has 3 N–H and O–H groups in total. The summed E-state index contributed by atoms with van der Waals surface area (Å²) in [6, 6.07) is -1.30. The van der Waals surface area contributed by atoms with E-state index in [0.29, 0.717) is 25.8 Å². The first-order valence-corrected chi connectivity index (χ1v) is 10.4. The molecule has 3 heterocycles. The summed E-state index contributed by atoms with van der Waals surface area (Å²) in [6.45, 7) is 6.09. The van der Waals surface area contributed by atoms with E-state index in [4.69, 9.17) is 4.74 Å². The molecule has 3 fully saturated rings. The summed E-state index contributed by atoms with van der Waals surface area (Å²) < 4.78 is 6.42. The lowest BCUT2D eigenvalue weighted by molar-refractivity contribution is -0.149. The van der Waals surface area contributed by atoms with Crippen LogP contribution in [0.4, 0.5) is 0 Å². The van der Waals surface area contributed by atoms with Crippen molar-refractivity contribution in [3.63, 3.8) is 0 Å². The molecule has 28 heavy (non-hydrogen) atoms. The highest BCUT2D eigenvalue weighted by Gasteiger charge is 2.78. The average molecular weight is 396 g/mol. The number of amides is 3. The van der Waals surface area contributed by atoms with Crippen LogP contribution in [0.3, 0.4) is 0 Å². The number of hydrogen-bond donors (Lipinski definition) is 3. The number of carbonyl (C=O) groups excluding carboxylic acids is 3. The molecule has 0 radical (unpaired) electrons. The number of carbonyl (C=O) groups is 3. The van der Waals surface area contributed by atoms with Crippen molar-refractivity contribution in [3.8, 4) is 0 Å². The number of aliphatic hydroxyl groups is 1. The Morgan fingerprint density at radius 2 is 2.04 bits per heavy atom. The summed E-state index contributed by atoms with van der Waals surface area (Å²) in [5, 5.41) is 15.5. The van der Waals surface area contributed by atoms with Crippen LogP contribution in [-0.4, -0.2) is 71.2 Å². The van der Waals surface area contributed by atoms with Gasteiger partial charge in [-0.25, -0.2) is 0 Å². The van der Waals surface area contributed by atoms with Crippen molar-refractivity contribution in [2.24, 2.45) is 11.8 Å². The molecule has 0 aromatic rings. The van der Waals surface area contributed by atoms with Crippen molar-refractivity contribution in [1.82, 2.24) is 15.5 Å². The van der Waals surface area contributed by atoms with Gasteiger partial charge < -0.3 is 25.4 Å². The first-order valence-electron chi connectivity index (χ1n) is 10.4. The molecule has 158 valence electrons.